The highest BCUT2D eigenvalue weighted by Gasteiger charge is 2.40. The highest BCUT2D eigenvalue weighted by molar-refractivity contribution is 9.10. The van der Waals surface area contributed by atoms with Crippen LogP contribution in [0.4, 0.5) is 0 Å². The number of hydrogen-bond acceptors (Lipinski definition) is 3. The van der Waals surface area contributed by atoms with Crippen LogP contribution in [0, 0.1) is 0 Å². The van der Waals surface area contributed by atoms with Crippen LogP contribution in [0.3, 0.4) is 0 Å². The largest absolute Gasteiger partial charge is 0.512 e. The molecule has 0 saturated carbocycles. The van der Waals surface area contributed by atoms with Crippen LogP contribution in [0.2, 0.25) is 0 Å². The second-order valence-electron chi connectivity index (χ2n) is 5.20. The number of hydrogen-bond donors (Lipinski definition) is 1. The van der Waals surface area contributed by atoms with Crippen molar-refractivity contribution in [1.29, 1.82) is 0 Å². The van der Waals surface area contributed by atoms with Gasteiger partial charge in [-0.1, -0.05) is 34.6 Å². The Morgan fingerprint density at radius 2 is 1.80 bits per heavy atom. The zero-order valence-corrected chi connectivity index (χ0v) is 13.7. The Hall–Kier alpha value is -0.850. The average molecular weight is 360 g/mol. The number of halogens is 1. The first-order chi connectivity index (χ1) is 9.25. The van der Waals surface area contributed by atoms with Crippen molar-refractivity contribution in [2.24, 2.45) is 0 Å². The third kappa shape index (κ3) is 2.92. The van der Waals surface area contributed by atoms with Crippen LogP contribution in [0.15, 0.2) is 41.1 Å². The minimum atomic E-state index is -3.18. The number of piperidine rings is 1. The fraction of sp³-hybridized carbons (Fsp3) is 0.429. The lowest BCUT2D eigenvalue weighted by molar-refractivity contribution is 0.201. The molecule has 20 heavy (non-hydrogen) atoms. The fourth-order valence-electron chi connectivity index (χ4n) is 2.71. The van der Waals surface area contributed by atoms with E-state index in [-0.39, 0.29) is 5.76 Å². The Bertz CT molecular complexity index is 602. The SMILES string of the molecule is C=C(O)C1(c2ccc(Br)cc2)CCN(S(C)(=O)=O)CC1. The van der Waals surface area contributed by atoms with E-state index in [4.69, 9.17) is 0 Å². The molecule has 2 rings (SSSR count). The maximum absolute atomic E-state index is 11.6. The number of nitrogens with zero attached hydrogens (tertiary/aromatic N) is 1. The van der Waals surface area contributed by atoms with Gasteiger partial charge in [-0.2, -0.15) is 0 Å². The second-order valence-corrected chi connectivity index (χ2v) is 8.10. The quantitative estimate of drug-likeness (QED) is 0.844. The van der Waals surface area contributed by atoms with Gasteiger partial charge in [0.2, 0.25) is 10.0 Å². The number of benzene rings is 1. The molecule has 1 fully saturated rings. The van der Waals surface area contributed by atoms with E-state index in [1.165, 1.54) is 10.6 Å². The molecule has 1 saturated heterocycles. The first-order valence-electron chi connectivity index (χ1n) is 6.35. The summed E-state index contributed by atoms with van der Waals surface area (Å²) in [5.41, 5.74) is 0.420. The average Bonchev–Trinajstić information content (AvgIpc) is 2.38. The normalized spacial score (nSPS) is 19.7. The van der Waals surface area contributed by atoms with Crippen molar-refractivity contribution in [3.8, 4) is 0 Å². The highest BCUT2D eigenvalue weighted by atomic mass is 79.9. The van der Waals surface area contributed by atoms with Crippen LogP contribution in [0.5, 0.6) is 0 Å². The van der Waals surface area contributed by atoms with E-state index in [2.05, 4.69) is 22.5 Å². The number of rotatable bonds is 3. The van der Waals surface area contributed by atoms with Gasteiger partial charge in [0.15, 0.2) is 0 Å². The molecule has 1 aliphatic heterocycles. The molecule has 0 atom stereocenters. The van der Waals surface area contributed by atoms with Crippen LogP contribution >= 0.6 is 15.9 Å². The van der Waals surface area contributed by atoms with E-state index in [9.17, 15) is 13.5 Å². The number of sulfonamides is 1. The predicted molar refractivity (Wildman–Crippen MR) is 83.2 cm³/mol. The van der Waals surface area contributed by atoms with Crippen molar-refractivity contribution in [1.82, 2.24) is 4.31 Å². The van der Waals surface area contributed by atoms with Crippen molar-refractivity contribution >= 4 is 26.0 Å². The molecular weight excluding hydrogens is 342 g/mol. The lowest BCUT2D eigenvalue weighted by Gasteiger charge is -2.40. The molecule has 0 spiro atoms. The standard InChI is InChI=1S/C14H18BrNO3S/c1-11(17)14(12-3-5-13(15)6-4-12)7-9-16(10-8-14)20(2,18)19/h3-6,17H,1,7-10H2,2H3. The Morgan fingerprint density at radius 3 is 2.20 bits per heavy atom. The van der Waals surface area contributed by atoms with Gasteiger partial charge < -0.3 is 5.11 Å². The summed E-state index contributed by atoms with van der Waals surface area (Å²) in [6.45, 7) is 4.51. The van der Waals surface area contributed by atoms with Gasteiger partial charge in [0.25, 0.3) is 0 Å². The first kappa shape index (κ1) is 15.5. The molecule has 0 aromatic heterocycles. The number of aliphatic hydroxyl groups excluding tert-OH is 1. The summed E-state index contributed by atoms with van der Waals surface area (Å²) < 4.78 is 25.6. The number of allylic oxidation sites excluding steroid dienone is 1. The predicted octanol–water partition coefficient (Wildman–Crippen LogP) is 2.81. The summed E-state index contributed by atoms with van der Waals surface area (Å²) >= 11 is 3.39. The molecule has 1 N–H and O–H groups in total. The van der Waals surface area contributed by atoms with Crippen molar-refractivity contribution < 1.29 is 13.5 Å². The molecule has 0 unspecified atom stereocenters. The van der Waals surface area contributed by atoms with Crippen molar-refractivity contribution in [2.75, 3.05) is 19.3 Å². The summed E-state index contributed by atoms with van der Waals surface area (Å²) in [6, 6.07) is 7.73. The topological polar surface area (TPSA) is 57.6 Å². The zero-order chi connectivity index (χ0) is 15.0. The minimum absolute atomic E-state index is 0.105. The zero-order valence-electron chi connectivity index (χ0n) is 11.3. The number of aliphatic hydroxyl groups is 1. The molecule has 0 amide bonds. The lowest BCUT2D eigenvalue weighted by Crippen LogP contribution is -2.45. The van der Waals surface area contributed by atoms with Gasteiger partial charge in [-0.15, -0.1) is 0 Å². The van der Waals surface area contributed by atoms with E-state index in [0.29, 0.717) is 25.9 Å². The van der Waals surface area contributed by atoms with Crippen molar-refractivity contribution in [2.45, 2.75) is 18.3 Å². The van der Waals surface area contributed by atoms with Crippen LogP contribution in [-0.4, -0.2) is 37.2 Å². The van der Waals surface area contributed by atoms with Crippen LogP contribution < -0.4 is 0 Å². The molecule has 110 valence electrons. The van der Waals surface area contributed by atoms with Gasteiger partial charge in [0, 0.05) is 17.6 Å². The molecule has 1 aromatic carbocycles. The molecule has 1 aliphatic rings. The summed E-state index contributed by atoms with van der Waals surface area (Å²) in [4.78, 5) is 0. The van der Waals surface area contributed by atoms with Crippen molar-refractivity contribution in [3.05, 3.63) is 46.6 Å². The van der Waals surface area contributed by atoms with Crippen LogP contribution in [0.25, 0.3) is 0 Å². The van der Waals surface area contributed by atoms with E-state index in [1.807, 2.05) is 24.3 Å². The van der Waals surface area contributed by atoms with Gasteiger partial charge in [-0.05, 0) is 30.5 Å². The maximum Gasteiger partial charge on any atom is 0.211 e. The minimum Gasteiger partial charge on any atom is -0.512 e. The molecule has 4 nitrogen and oxygen atoms in total. The van der Waals surface area contributed by atoms with Gasteiger partial charge >= 0.3 is 0 Å². The molecule has 0 bridgehead atoms. The van der Waals surface area contributed by atoms with E-state index >= 15 is 0 Å². The molecule has 6 heteroatoms. The third-order valence-electron chi connectivity index (χ3n) is 3.99. The summed E-state index contributed by atoms with van der Waals surface area (Å²) in [7, 11) is -3.18. The molecular formula is C14H18BrNO3S. The summed E-state index contributed by atoms with van der Waals surface area (Å²) in [5, 5.41) is 10.1. The highest BCUT2D eigenvalue weighted by Crippen LogP contribution is 2.40. The van der Waals surface area contributed by atoms with E-state index in [1.54, 1.807) is 0 Å². The van der Waals surface area contributed by atoms with Gasteiger partial charge in [0.05, 0.1) is 17.4 Å². The molecule has 0 aliphatic carbocycles. The maximum atomic E-state index is 11.6. The van der Waals surface area contributed by atoms with Gasteiger partial charge in [-0.3, -0.25) is 0 Å². The smallest absolute Gasteiger partial charge is 0.211 e. The summed E-state index contributed by atoms with van der Waals surface area (Å²) in [6.07, 6.45) is 2.29. The Labute approximate surface area is 128 Å². The summed E-state index contributed by atoms with van der Waals surface area (Å²) in [5.74, 6) is 0.105. The van der Waals surface area contributed by atoms with E-state index < -0.39 is 15.4 Å². The Kier molecular flexibility index (Phi) is 4.27. The Balaban J connectivity index is 2.31. The fourth-order valence-corrected chi connectivity index (χ4v) is 3.82. The second kappa shape index (κ2) is 5.50. The van der Waals surface area contributed by atoms with Crippen LogP contribution in [-0.2, 0) is 15.4 Å². The van der Waals surface area contributed by atoms with Crippen LogP contribution in [0.1, 0.15) is 18.4 Å². The van der Waals surface area contributed by atoms with Crippen molar-refractivity contribution in [3.63, 3.8) is 0 Å². The van der Waals surface area contributed by atoms with Gasteiger partial charge in [-0.25, -0.2) is 12.7 Å². The van der Waals surface area contributed by atoms with Gasteiger partial charge in [0.1, 0.15) is 0 Å². The first-order valence-corrected chi connectivity index (χ1v) is 8.99. The lowest BCUT2D eigenvalue weighted by atomic mass is 9.72. The molecule has 1 aromatic rings. The van der Waals surface area contributed by atoms with E-state index in [0.717, 1.165) is 10.0 Å². The Morgan fingerprint density at radius 1 is 1.30 bits per heavy atom. The molecule has 1 heterocycles. The molecule has 0 radical (unpaired) electrons. The third-order valence-corrected chi connectivity index (χ3v) is 5.83. The monoisotopic (exact) mass is 359 g/mol.